The highest BCUT2D eigenvalue weighted by Crippen LogP contribution is 2.23. The fourth-order valence-electron chi connectivity index (χ4n) is 2.37. The molecule has 1 aromatic heterocycles. The van der Waals surface area contributed by atoms with Gasteiger partial charge in [-0.15, -0.1) is 0 Å². The molecule has 3 rings (SSSR count). The second-order valence-corrected chi connectivity index (χ2v) is 6.02. The first-order chi connectivity index (χ1) is 10.9. The van der Waals surface area contributed by atoms with Crippen molar-refractivity contribution in [2.75, 3.05) is 11.9 Å². The van der Waals surface area contributed by atoms with Crippen molar-refractivity contribution in [1.29, 1.82) is 0 Å². The van der Waals surface area contributed by atoms with Crippen molar-refractivity contribution >= 4 is 46.3 Å². The molecule has 120 valence electrons. The number of anilines is 1. The Morgan fingerprint density at radius 1 is 1.39 bits per heavy atom. The molecule has 2 heterocycles. The van der Waals surface area contributed by atoms with Crippen LogP contribution in [0.25, 0.3) is 11.0 Å². The predicted molar refractivity (Wildman–Crippen MR) is 85.0 cm³/mol. The van der Waals surface area contributed by atoms with Gasteiger partial charge >= 0.3 is 6.03 Å². The van der Waals surface area contributed by atoms with Gasteiger partial charge in [-0.1, -0.05) is 13.0 Å². The van der Waals surface area contributed by atoms with E-state index in [-0.39, 0.29) is 6.54 Å². The van der Waals surface area contributed by atoms with Crippen LogP contribution in [-0.4, -0.2) is 43.6 Å². The SMILES string of the molecule is CC[C@]1(C)NC(=O)N(CC(=O)Nc2cccc3nsnc23)C1=O. The highest BCUT2D eigenvalue weighted by molar-refractivity contribution is 7.00. The van der Waals surface area contributed by atoms with Gasteiger partial charge in [-0.25, -0.2) is 4.79 Å². The quantitative estimate of drug-likeness (QED) is 0.822. The Hall–Kier alpha value is -2.55. The summed E-state index contributed by atoms with van der Waals surface area (Å²) in [5, 5.41) is 5.29. The smallest absolute Gasteiger partial charge is 0.323 e. The van der Waals surface area contributed by atoms with Crippen LogP contribution in [0.1, 0.15) is 20.3 Å². The molecule has 1 aliphatic rings. The minimum Gasteiger partial charge on any atom is -0.323 e. The van der Waals surface area contributed by atoms with Crippen LogP contribution >= 0.6 is 11.7 Å². The standard InChI is InChI=1S/C14H15N5O3S/c1-3-14(2)12(21)19(13(22)16-14)7-10(20)15-8-5-4-6-9-11(8)18-23-17-9/h4-6H,3,7H2,1-2H3,(H,15,20)(H,16,22)/t14-/m0/s1. The number of fused-ring (bicyclic) bond motifs is 1. The third-order valence-electron chi connectivity index (χ3n) is 3.91. The first kappa shape index (κ1) is 15.3. The maximum Gasteiger partial charge on any atom is 0.325 e. The minimum atomic E-state index is -0.948. The molecule has 0 bridgehead atoms. The Morgan fingerprint density at radius 3 is 2.87 bits per heavy atom. The topological polar surface area (TPSA) is 104 Å². The molecule has 1 atom stereocenters. The maximum atomic E-state index is 12.3. The van der Waals surface area contributed by atoms with Gasteiger partial charge in [-0.2, -0.15) is 8.75 Å². The number of aromatic nitrogens is 2. The lowest BCUT2D eigenvalue weighted by atomic mass is 9.99. The van der Waals surface area contributed by atoms with Gasteiger partial charge in [-0.05, 0) is 25.5 Å². The van der Waals surface area contributed by atoms with Crippen LogP contribution in [0.2, 0.25) is 0 Å². The average Bonchev–Trinajstić information content (AvgIpc) is 3.08. The summed E-state index contributed by atoms with van der Waals surface area (Å²) in [6, 6.07) is 4.69. The zero-order valence-corrected chi connectivity index (χ0v) is 13.4. The van der Waals surface area contributed by atoms with E-state index in [0.29, 0.717) is 23.1 Å². The van der Waals surface area contributed by atoms with Crippen molar-refractivity contribution in [2.24, 2.45) is 0 Å². The highest BCUT2D eigenvalue weighted by Gasteiger charge is 2.46. The summed E-state index contributed by atoms with van der Waals surface area (Å²) in [6.07, 6.45) is 0.458. The summed E-state index contributed by atoms with van der Waals surface area (Å²) >= 11 is 1.05. The number of urea groups is 1. The Bertz CT molecular complexity index is 805. The van der Waals surface area contributed by atoms with Gasteiger partial charge in [0.15, 0.2) is 0 Å². The number of benzene rings is 1. The molecule has 23 heavy (non-hydrogen) atoms. The van der Waals surface area contributed by atoms with Gasteiger partial charge in [0.2, 0.25) is 5.91 Å². The molecule has 2 N–H and O–H groups in total. The van der Waals surface area contributed by atoms with Crippen molar-refractivity contribution in [2.45, 2.75) is 25.8 Å². The van der Waals surface area contributed by atoms with E-state index in [1.165, 1.54) is 0 Å². The molecule has 0 aliphatic carbocycles. The molecule has 1 fully saturated rings. The predicted octanol–water partition coefficient (Wildman–Crippen LogP) is 1.35. The molecule has 4 amide bonds. The van der Waals surface area contributed by atoms with Crippen molar-refractivity contribution in [1.82, 2.24) is 19.0 Å². The zero-order chi connectivity index (χ0) is 16.6. The van der Waals surface area contributed by atoms with Crippen LogP contribution in [-0.2, 0) is 9.59 Å². The number of carbonyl (C=O) groups excluding carboxylic acids is 3. The molecule has 9 heteroatoms. The lowest BCUT2D eigenvalue weighted by Crippen LogP contribution is -2.44. The minimum absolute atomic E-state index is 0.339. The number of rotatable bonds is 4. The Kier molecular flexibility index (Phi) is 3.72. The monoisotopic (exact) mass is 333 g/mol. The van der Waals surface area contributed by atoms with Crippen LogP contribution < -0.4 is 10.6 Å². The van der Waals surface area contributed by atoms with Crippen LogP contribution in [0.3, 0.4) is 0 Å². The molecule has 8 nitrogen and oxygen atoms in total. The van der Waals surface area contributed by atoms with E-state index in [4.69, 9.17) is 0 Å². The van der Waals surface area contributed by atoms with Crippen LogP contribution in [0, 0.1) is 0 Å². The normalized spacial score (nSPS) is 20.9. The van der Waals surface area contributed by atoms with Crippen molar-refractivity contribution < 1.29 is 14.4 Å². The summed E-state index contributed by atoms with van der Waals surface area (Å²) in [5.41, 5.74) is 0.824. The average molecular weight is 333 g/mol. The molecular formula is C14H15N5O3S. The van der Waals surface area contributed by atoms with Gasteiger partial charge in [0.05, 0.1) is 17.4 Å². The molecular weight excluding hydrogens is 318 g/mol. The van der Waals surface area contributed by atoms with Crippen LogP contribution in [0.4, 0.5) is 10.5 Å². The third kappa shape index (κ3) is 2.63. The van der Waals surface area contributed by atoms with Crippen LogP contribution in [0.5, 0.6) is 0 Å². The summed E-state index contributed by atoms with van der Waals surface area (Å²) in [4.78, 5) is 37.3. The number of nitrogens with zero attached hydrogens (tertiary/aromatic N) is 3. The van der Waals surface area contributed by atoms with Gasteiger partial charge < -0.3 is 10.6 Å². The first-order valence-corrected chi connectivity index (χ1v) is 7.83. The number of hydrogen-bond donors (Lipinski definition) is 2. The Labute approximate surface area is 136 Å². The van der Waals surface area contributed by atoms with Crippen molar-refractivity contribution in [3.05, 3.63) is 18.2 Å². The van der Waals surface area contributed by atoms with Gasteiger partial charge in [0.1, 0.15) is 23.1 Å². The lowest BCUT2D eigenvalue weighted by Gasteiger charge is -2.19. The van der Waals surface area contributed by atoms with Crippen molar-refractivity contribution in [3.8, 4) is 0 Å². The summed E-state index contributed by atoms with van der Waals surface area (Å²) in [6.45, 7) is 3.11. The largest absolute Gasteiger partial charge is 0.325 e. The van der Waals surface area contributed by atoms with E-state index in [2.05, 4.69) is 19.4 Å². The maximum absolute atomic E-state index is 12.3. The van der Waals surface area contributed by atoms with E-state index in [1.807, 2.05) is 0 Å². The van der Waals surface area contributed by atoms with E-state index in [0.717, 1.165) is 16.6 Å². The molecule has 0 radical (unpaired) electrons. The summed E-state index contributed by atoms with van der Waals surface area (Å²) < 4.78 is 8.22. The molecule has 0 spiro atoms. The van der Waals surface area contributed by atoms with E-state index < -0.39 is 23.4 Å². The first-order valence-electron chi connectivity index (χ1n) is 7.10. The Morgan fingerprint density at radius 2 is 2.17 bits per heavy atom. The number of hydrogen-bond acceptors (Lipinski definition) is 6. The number of amides is 4. The molecule has 0 unspecified atom stereocenters. The van der Waals surface area contributed by atoms with Crippen LogP contribution in [0.15, 0.2) is 18.2 Å². The van der Waals surface area contributed by atoms with E-state index in [9.17, 15) is 14.4 Å². The molecule has 1 saturated heterocycles. The van der Waals surface area contributed by atoms with Gasteiger partial charge in [0.25, 0.3) is 5.91 Å². The van der Waals surface area contributed by atoms with Crippen molar-refractivity contribution in [3.63, 3.8) is 0 Å². The van der Waals surface area contributed by atoms with Gasteiger partial charge in [-0.3, -0.25) is 14.5 Å². The molecule has 1 aromatic carbocycles. The van der Waals surface area contributed by atoms with E-state index in [1.54, 1.807) is 32.0 Å². The lowest BCUT2D eigenvalue weighted by molar-refractivity contribution is -0.133. The fraction of sp³-hybridized carbons (Fsp3) is 0.357. The molecule has 2 aromatic rings. The third-order valence-corrected chi connectivity index (χ3v) is 4.46. The zero-order valence-electron chi connectivity index (χ0n) is 12.6. The number of carbonyl (C=O) groups is 3. The van der Waals surface area contributed by atoms with E-state index >= 15 is 0 Å². The molecule has 1 aliphatic heterocycles. The van der Waals surface area contributed by atoms with Gasteiger partial charge in [0, 0.05) is 0 Å². The second-order valence-electron chi connectivity index (χ2n) is 5.49. The summed E-state index contributed by atoms with van der Waals surface area (Å²) in [7, 11) is 0. The molecule has 0 saturated carbocycles. The second kappa shape index (κ2) is 5.58. The number of nitrogens with one attached hydrogen (secondary N) is 2. The summed E-state index contributed by atoms with van der Waals surface area (Å²) in [5.74, 6) is -0.858. The fourth-order valence-corrected chi connectivity index (χ4v) is 2.92. The Balaban J connectivity index is 1.74. The highest BCUT2D eigenvalue weighted by atomic mass is 32.1. The number of imide groups is 1.